The van der Waals surface area contributed by atoms with E-state index >= 15 is 0 Å². The summed E-state index contributed by atoms with van der Waals surface area (Å²) in [5.41, 5.74) is 1.02. The van der Waals surface area contributed by atoms with Gasteiger partial charge in [-0.05, 0) is 0 Å². The Bertz CT molecular complexity index is 1160. The van der Waals surface area contributed by atoms with Crippen LogP contribution in [0.3, 0.4) is 0 Å². The number of rotatable bonds is 14. The van der Waals surface area contributed by atoms with Crippen molar-refractivity contribution in [3.63, 3.8) is 0 Å². The van der Waals surface area contributed by atoms with E-state index in [9.17, 15) is 8.42 Å². The van der Waals surface area contributed by atoms with Crippen LogP contribution in [0.25, 0.3) is 0 Å². The van der Waals surface area contributed by atoms with Gasteiger partial charge in [0.25, 0.3) is 0 Å². The van der Waals surface area contributed by atoms with Crippen molar-refractivity contribution in [3.05, 3.63) is 72.8 Å². The molecule has 0 amide bonds. The molecule has 206 valence electrons. The average Bonchev–Trinajstić information content (AvgIpc) is 2.95. The first kappa shape index (κ1) is 31.0. The van der Waals surface area contributed by atoms with Crippen LogP contribution in [-0.4, -0.2) is 31.5 Å². The molecule has 38 heavy (non-hydrogen) atoms. The van der Waals surface area contributed by atoms with Crippen LogP contribution in [0.15, 0.2) is 72.1 Å². The Hall–Kier alpha value is -1.51. The van der Waals surface area contributed by atoms with Gasteiger partial charge in [0.1, 0.15) is 0 Å². The zero-order chi connectivity index (χ0) is 27.3. The molecule has 0 atom stereocenters. The predicted octanol–water partition coefficient (Wildman–Crippen LogP) is 8.83. The summed E-state index contributed by atoms with van der Waals surface area (Å²) in [4.78, 5) is 0.683. The Morgan fingerprint density at radius 1 is 0.895 bits per heavy atom. The van der Waals surface area contributed by atoms with E-state index < -0.39 is 33.0 Å². The van der Waals surface area contributed by atoms with Gasteiger partial charge in [-0.15, -0.1) is 0 Å². The molecule has 1 aliphatic rings. The van der Waals surface area contributed by atoms with Gasteiger partial charge in [0, 0.05) is 0 Å². The molecule has 0 heterocycles. The van der Waals surface area contributed by atoms with E-state index in [-0.39, 0.29) is 0 Å². The summed E-state index contributed by atoms with van der Waals surface area (Å²) in [6.45, 7) is 8.66. The Kier molecular flexibility index (Phi) is 12.5. The zero-order valence-electron chi connectivity index (χ0n) is 23.8. The predicted molar refractivity (Wildman–Crippen MR) is 166 cm³/mol. The Labute approximate surface area is 237 Å². The molecule has 1 aliphatic carbocycles. The fraction of sp³-hybridized carbons (Fsp3) is 0.529. The number of unbranched alkanes of at least 4 members (excludes halogenated alkanes) is 3. The molecule has 2 aromatic carbocycles. The third-order valence-corrected chi connectivity index (χ3v) is 26.8. The number of hydrogen-bond acceptors (Lipinski definition) is 2. The van der Waals surface area contributed by atoms with Crippen LogP contribution < -0.4 is 3.58 Å². The molecule has 1 saturated carbocycles. The van der Waals surface area contributed by atoms with E-state index in [1.54, 1.807) is 0 Å². The fourth-order valence-corrected chi connectivity index (χ4v) is 25.9. The van der Waals surface area contributed by atoms with Gasteiger partial charge in [-0.3, -0.25) is 0 Å². The normalized spacial score (nSPS) is 15.4. The first-order valence-electron chi connectivity index (χ1n) is 14.9. The van der Waals surface area contributed by atoms with Crippen LogP contribution >= 0.6 is 0 Å². The fourth-order valence-electron chi connectivity index (χ4n) is 6.42. The van der Waals surface area contributed by atoms with E-state index in [1.165, 1.54) is 25.3 Å². The third-order valence-electron chi connectivity index (χ3n) is 8.58. The molecule has 4 heteroatoms. The molecule has 0 aromatic heterocycles. The number of hydrogen-bond donors (Lipinski definition) is 0. The van der Waals surface area contributed by atoms with Crippen molar-refractivity contribution in [2.45, 2.75) is 114 Å². The molecule has 2 aromatic rings. The van der Waals surface area contributed by atoms with Crippen LogP contribution in [0.1, 0.15) is 96.5 Å². The Morgan fingerprint density at radius 2 is 1.53 bits per heavy atom. The SMILES string of the molecule is C=C[CH2][Sn]([CH2]CCC)([CH2]CCC)[c]1ccccc1S(=O)(=O)C1(CCCC#Cc2ccccc2)CCCCC1. The molecular formula is C34H48O2SSn. The topological polar surface area (TPSA) is 34.1 Å². The minimum absolute atomic E-state index is 0.656. The first-order valence-corrected chi connectivity index (χ1v) is 23.9. The van der Waals surface area contributed by atoms with Crippen molar-refractivity contribution in [3.8, 4) is 11.8 Å². The Balaban J connectivity index is 1.97. The average molecular weight is 640 g/mol. The molecule has 0 aliphatic heterocycles. The van der Waals surface area contributed by atoms with Gasteiger partial charge in [-0.1, -0.05) is 6.07 Å². The van der Waals surface area contributed by atoms with Gasteiger partial charge >= 0.3 is 233 Å². The molecule has 1 fully saturated rings. The van der Waals surface area contributed by atoms with Crippen molar-refractivity contribution < 1.29 is 8.42 Å². The molecule has 0 saturated heterocycles. The van der Waals surface area contributed by atoms with Gasteiger partial charge in [-0.25, -0.2) is 0 Å². The summed E-state index contributed by atoms with van der Waals surface area (Å²) in [5, 5.41) is 0. The quantitative estimate of drug-likeness (QED) is 0.0896. The van der Waals surface area contributed by atoms with Crippen LogP contribution in [-0.2, 0) is 9.84 Å². The van der Waals surface area contributed by atoms with Gasteiger partial charge < -0.3 is 0 Å². The van der Waals surface area contributed by atoms with E-state index in [0.29, 0.717) is 11.3 Å². The molecule has 0 spiro atoms. The third kappa shape index (κ3) is 7.57. The number of allylic oxidation sites excluding steroid dienone is 1. The molecule has 0 radical (unpaired) electrons. The van der Waals surface area contributed by atoms with E-state index in [1.807, 2.05) is 42.5 Å². The zero-order valence-corrected chi connectivity index (χ0v) is 27.5. The number of benzene rings is 2. The van der Waals surface area contributed by atoms with Crippen LogP contribution in [0.4, 0.5) is 0 Å². The summed E-state index contributed by atoms with van der Waals surface area (Å²) >= 11 is -3.03. The van der Waals surface area contributed by atoms with Gasteiger partial charge in [0.05, 0.1) is 0 Å². The molecule has 3 rings (SSSR count). The van der Waals surface area contributed by atoms with Gasteiger partial charge in [0.15, 0.2) is 0 Å². The van der Waals surface area contributed by atoms with Crippen molar-refractivity contribution in [1.82, 2.24) is 0 Å². The van der Waals surface area contributed by atoms with E-state index in [0.717, 1.165) is 67.8 Å². The maximum atomic E-state index is 14.8. The maximum absolute atomic E-state index is 14.8. The standard InChI is InChI=1S/C23H25O2S.2C4H9.C3H5.Sn/c24-26(25,22-16-8-2-9-17-22)23(19-11-4-12-20-23)18-10-3-7-15-21-13-5-1-6-14-21;2*1-3-4-2;1-3-2;/h1-2,5-6,8-9,13-14,16H,3-4,10-12,18-20H2;2*1,3-4H2,2H3;3H,1-2H2;. The second kappa shape index (κ2) is 15.3. The van der Waals surface area contributed by atoms with Crippen molar-refractivity contribution >= 4 is 31.8 Å². The molecule has 0 bridgehead atoms. The summed E-state index contributed by atoms with van der Waals surface area (Å²) < 4.78 is 33.6. The summed E-state index contributed by atoms with van der Waals surface area (Å²) in [5.74, 6) is 6.55. The van der Waals surface area contributed by atoms with Crippen molar-refractivity contribution in [1.29, 1.82) is 0 Å². The van der Waals surface area contributed by atoms with Crippen LogP contribution in [0, 0.1) is 11.8 Å². The Morgan fingerprint density at radius 3 is 2.16 bits per heavy atom. The first-order chi connectivity index (χ1) is 18.4. The molecule has 0 N–H and O–H groups in total. The molecular weight excluding hydrogens is 591 g/mol. The van der Waals surface area contributed by atoms with Crippen LogP contribution in [0.2, 0.25) is 13.3 Å². The van der Waals surface area contributed by atoms with Crippen molar-refractivity contribution in [2.75, 3.05) is 0 Å². The van der Waals surface area contributed by atoms with Gasteiger partial charge in [0.2, 0.25) is 0 Å². The van der Waals surface area contributed by atoms with E-state index in [4.69, 9.17) is 0 Å². The minimum atomic E-state index is -3.48. The number of sulfone groups is 1. The van der Waals surface area contributed by atoms with E-state index in [2.05, 4.69) is 50.5 Å². The summed E-state index contributed by atoms with van der Waals surface area (Å²) in [6, 6.07) is 18.3. The van der Waals surface area contributed by atoms with Crippen LogP contribution in [0.5, 0.6) is 0 Å². The molecule has 0 unspecified atom stereocenters. The second-order valence-electron chi connectivity index (χ2n) is 11.2. The monoisotopic (exact) mass is 640 g/mol. The van der Waals surface area contributed by atoms with Crippen molar-refractivity contribution in [2.24, 2.45) is 0 Å². The second-order valence-corrected chi connectivity index (χ2v) is 26.4. The van der Waals surface area contributed by atoms with Gasteiger partial charge in [-0.2, -0.15) is 0 Å². The summed E-state index contributed by atoms with van der Waals surface area (Å²) in [7, 11) is -3.48. The summed E-state index contributed by atoms with van der Waals surface area (Å²) in [6.07, 6.45) is 13.8. The molecule has 2 nitrogen and oxygen atoms in total.